The topological polar surface area (TPSA) is 70.8 Å². The highest BCUT2D eigenvalue weighted by atomic mass is 16.6. The maximum Gasteiger partial charge on any atom is 0.410 e. The van der Waals surface area contributed by atoms with E-state index in [1.165, 1.54) is 0 Å². The normalized spacial score (nSPS) is 18.0. The minimum absolute atomic E-state index is 0.126. The molecule has 1 N–H and O–H groups in total. The molecule has 166 valence electrons. The summed E-state index contributed by atoms with van der Waals surface area (Å²) in [6.07, 6.45) is 2.61. The van der Waals surface area contributed by atoms with Crippen LogP contribution in [0.25, 0.3) is 0 Å². The summed E-state index contributed by atoms with van der Waals surface area (Å²) in [5.74, 6) is 0. The van der Waals surface area contributed by atoms with Crippen LogP contribution >= 0.6 is 0 Å². The Labute approximate surface area is 176 Å². The standard InChI is InChI=1S/C22H40N4O3/c1-17(27)18-9-12-26(23-18)21(5,6)10-11-22(7,8)29-19(28)24-13-15-25(16-14-24)20(2,3)4/h9,12,17,27H,10-11,13-16H2,1-8H3. The molecule has 0 aromatic carbocycles. The zero-order valence-electron chi connectivity index (χ0n) is 19.5. The van der Waals surface area contributed by atoms with Crippen molar-refractivity contribution in [2.24, 2.45) is 0 Å². The fourth-order valence-corrected chi connectivity index (χ4v) is 3.53. The third-order valence-corrected chi connectivity index (χ3v) is 5.85. The van der Waals surface area contributed by atoms with Crippen LogP contribution in [0.3, 0.4) is 0 Å². The number of aliphatic hydroxyl groups is 1. The third kappa shape index (κ3) is 6.44. The van der Waals surface area contributed by atoms with Crippen molar-refractivity contribution in [1.29, 1.82) is 0 Å². The van der Waals surface area contributed by atoms with E-state index in [-0.39, 0.29) is 17.2 Å². The summed E-state index contributed by atoms with van der Waals surface area (Å²) < 4.78 is 7.76. The number of aromatic nitrogens is 2. The molecule has 0 aliphatic carbocycles. The summed E-state index contributed by atoms with van der Waals surface area (Å²) in [6, 6.07) is 1.84. The highest BCUT2D eigenvalue weighted by molar-refractivity contribution is 5.68. The Balaban J connectivity index is 1.88. The number of hydrogen-bond donors (Lipinski definition) is 1. The molecule has 1 saturated heterocycles. The van der Waals surface area contributed by atoms with Crippen LogP contribution < -0.4 is 0 Å². The predicted octanol–water partition coefficient (Wildman–Crippen LogP) is 3.78. The van der Waals surface area contributed by atoms with Gasteiger partial charge in [-0.2, -0.15) is 5.10 Å². The highest BCUT2D eigenvalue weighted by Gasteiger charge is 2.33. The van der Waals surface area contributed by atoms with Gasteiger partial charge in [0.05, 0.1) is 17.3 Å². The molecule has 1 aliphatic heterocycles. The fraction of sp³-hybridized carbons (Fsp3) is 0.818. The summed E-state index contributed by atoms with van der Waals surface area (Å²) in [4.78, 5) is 16.9. The number of carbonyl (C=O) groups is 1. The van der Waals surface area contributed by atoms with E-state index in [0.717, 1.165) is 25.9 Å². The number of hydrogen-bond acceptors (Lipinski definition) is 5. The van der Waals surface area contributed by atoms with Gasteiger partial charge < -0.3 is 14.7 Å². The third-order valence-electron chi connectivity index (χ3n) is 5.85. The van der Waals surface area contributed by atoms with Crippen molar-refractivity contribution in [2.45, 2.75) is 91.0 Å². The lowest BCUT2D eigenvalue weighted by Crippen LogP contribution is -2.55. The highest BCUT2D eigenvalue weighted by Crippen LogP contribution is 2.28. The number of aliphatic hydroxyl groups excluding tert-OH is 1. The number of nitrogens with zero attached hydrogens (tertiary/aromatic N) is 4. The van der Waals surface area contributed by atoms with Crippen molar-refractivity contribution in [1.82, 2.24) is 19.6 Å². The Morgan fingerprint density at radius 3 is 2.17 bits per heavy atom. The second-order valence-corrected chi connectivity index (χ2v) is 10.4. The van der Waals surface area contributed by atoms with Crippen LogP contribution in [-0.2, 0) is 10.3 Å². The zero-order valence-corrected chi connectivity index (χ0v) is 19.5. The number of ether oxygens (including phenoxy) is 1. The summed E-state index contributed by atoms with van der Waals surface area (Å²) in [5.41, 5.74) is -0.00968. The molecule has 1 atom stereocenters. The van der Waals surface area contributed by atoms with Gasteiger partial charge >= 0.3 is 6.09 Å². The summed E-state index contributed by atoms with van der Waals surface area (Å²) in [7, 11) is 0. The van der Waals surface area contributed by atoms with Gasteiger partial charge in [-0.25, -0.2) is 4.79 Å². The average Bonchev–Trinajstić information content (AvgIpc) is 3.11. The second kappa shape index (κ2) is 8.64. The minimum atomic E-state index is -0.580. The number of carbonyl (C=O) groups excluding carboxylic acids is 1. The van der Waals surface area contributed by atoms with E-state index in [2.05, 4.69) is 44.6 Å². The van der Waals surface area contributed by atoms with Gasteiger partial charge in [0.2, 0.25) is 0 Å². The first-order valence-electron chi connectivity index (χ1n) is 10.7. The lowest BCUT2D eigenvalue weighted by molar-refractivity contribution is -0.0125. The van der Waals surface area contributed by atoms with Crippen molar-refractivity contribution < 1.29 is 14.6 Å². The Morgan fingerprint density at radius 2 is 1.69 bits per heavy atom. The predicted molar refractivity (Wildman–Crippen MR) is 115 cm³/mol. The van der Waals surface area contributed by atoms with Crippen molar-refractivity contribution in [3.05, 3.63) is 18.0 Å². The van der Waals surface area contributed by atoms with Gasteiger partial charge in [0.15, 0.2) is 0 Å². The SMILES string of the molecule is CC(O)c1ccn(C(C)(C)CCC(C)(C)OC(=O)N2CCN(C(C)(C)C)CC2)n1. The van der Waals surface area contributed by atoms with Crippen molar-refractivity contribution in [2.75, 3.05) is 26.2 Å². The molecule has 2 heterocycles. The summed E-state index contributed by atoms with van der Waals surface area (Å²) >= 11 is 0. The lowest BCUT2D eigenvalue weighted by atomic mass is 9.91. The smallest absolute Gasteiger partial charge is 0.410 e. The Hall–Kier alpha value is -1.60. The molecule has 1 unspecified atom stereocenters. The second-order valence-electron chi connectivity index (χ2n) is 10.4. The van der Waals surface area contributed by atoms with Crippen LogP contribution in [0.1, 0.15) is 80.0 Å². The molecule has 1 aromatic rings. The number of rotatable bonds is 6. The quantitative estimate of drug-likeness (QED) is 0.776. The molecular formula is C22H40N4O3. The van der Waals surface area contributed by atoms with Crippen molar-refractivity contribution in [3.8, 4) is 0 Å². The van der Waals surface area contributed by atoms with E-state index in [1.807, 2.05) is 35.7 Å². The molecule has 1 aromatic heterocycles. The molecular weight excluding hydrogens is 368 g/mol. The first-order valence-corrected chi connectivity index (χ1v) is 10.7. The largest absolute Gasteiger partial charge is 0.443 e. The fourth-order valence-electron chi connectivity index (χ4n) is 3.53. The molecule has 1 fully saturated rings. The maximum atomic E-state index is 12.7. The lowest BCUT2D eigenvalue weighted by Gasteiger charge is -2.42. The summed E-state index contributed by atoms with van der Waals surface area (Å²) in [5, 5.41) is 14.2. The van der Waals surface area contributed by atoms with Gasteiger partial charge in [-0.15, -0.1) is 0 Å². The molecule has 0 saturated carbocycles. The Morgan fingerprint density at radius 1 is 1.10 bits per heavy atom. The Bertz CT molecular complexity index is 680. The van der Waals surface area contributed by atoms with E-state index in [9.17, 15) is 9.90 Å². The van der Waals surface area contributed by atoms with Gasteiger partial charge in [0.1, 0.15) is 5.60 Å². The van der Waals surface area contributed by atoms with E-state index in [4.69, 9.17) is 4.74 Å². The number of piperazine rings is 1. The Kier molecular flexibility index (Phi) is 7.05. The van der Waals surface area contributed by atoms with Crippen LogP contribution in [0.5, 0.6) is 0 Å². The van der Waals surface area contributed by atoms with E-state index >= 15 is 0 Å². The van der Waals surface area contributed by atoms with Crippen LogP contribution in [0.15, 0.2) is 12.3 Å². The zero-order chi connectivity index (χ0) is 22.0. The van der Waals surface area contributed by atoms with E-state index in [1.54, 1.807) is 6.92 Å². The van der Waals surface area contributed by atoms with Gasteiger partial charge in [0.25, 0.3) is 0 Å². The molecule has 1 amide bonds. The van der Waals surface area contributed by atoms with E-state index in [0.29, 0.717) is 18.8 Å². The minimum Gasteiger partial charge on any atom is -0.443 e. The van der Waals surface area contributed by atoms with Gasteiger partial charge in [0, 0.05) is 37.9 Å². The molecule has 2 rings (SSSR count). The maximum absolute atomic E-state index is 12.7. The molecule has 29 heavy (non-hydrogen) atoms. The number of amides is 1. The van der Waals surface area contributed by atoms with Crippen LogP contribution in [0.4, 0.5) is 4.79 Å². The first-order chi connectivity index (χ1) is 13.2. The molecule has 0 bridgehead atoms. The summed E-state index contributed by atoms with van der Waals surface area (Å²) in [6.45, 7) is 19.6. The van der Waals surface area contributed by atoms with Crippen LogP contribution in [0.2, 0.25) is 0 Å². The monoisotopic (exact) mass is 408 g/mol. The van der Waals surface area contributed by atoms with Gasteiger partial charge in [-0.1, -0.05) is 0 Å². The molecule has 7 heteroatoms. The molecule has 0 radical (unpaired) electrons. The van der Waals surface area contributed by atoms with Crippen LogP contribution in [-0.4, -0.2) is 68.1 Å². The first kappa shape index (κ1) is 23.7. The van der Waals surface area contributed by atoms with Gasteiger partial charge in [-0.3, -0.25) is 9.58 Å². The van der Waals surface area contributed by atoms with Crippen LogP contribution in [0, 0.1) is 0 Å². The average molecular weight is 409 g/mol. The van der Waals surface area contributed by atoms with Gasteiger partial charge in [-0.05, 0) is 74.3 Å². The van der Waals surface area contributed by atoms with Crippen molar-refractivity contribution >= 4 is 6.09 Å². The molecule has 7 nitrogen and oxygen atoms in total. The van der Waals surface area contributed by atoms with Crippen molar-refractivity contribution in [3.63, 3.8) is 0 Å². The molecule has 0 spiro atoms. The van der Waals surface area contributed by atoms with E-state index < -0.39 is 11.7 Å². The molecule has 1 aliphatic rings.